The predicted octanol–water partition coefficient (Wildman–Crippen LogP) is 4.81. The number of fused-ring (bicyclic) bond motifs is 3. The monoisotopic (exact) mass is 464 g/mol. The van der Waals surface area contributed by atoms with E-state index in [0.717, 1.165) is 14.7 Å². The number of halogens is 2. The molecule has 2 N–H and O–H groups in total. The highest BCUT2D eigenvalue weighted by atomic mass is 127. The fourth-order valence-corrected chi connectivity index (χ4v) is 4.06. The summed E-state index contributed by atoms with van der Waals surface area (Å²) in [7, 11) is 0. The number of nitrogens with one attached hydrogen (secondary N) is 1. The summed E-state index contributed by atoms with van der Waals surface area (Å²) in [6, 6.07) is 9.99. The van der Waals surface area contributed by atoms with Crippen molar-refractivity contribution in [2.75, 3.05) is 0 Å². The molecular formula is C19H14FIN2O3. The van der Waals surface area contributed by atoms with Gasteiger partial charge in [-0.2, -0.15) is 5.10 Å². The lowest BCUT2D eigenvalue weighted by molar-refractivity contribution is 0.0665. The maximum atomic E-state index is 13.3. The summed E-state index contributed by atoms with van der Waals surface area (Å²) in [5, 5.41) is 16.3. The minimum absolute atomic E-state index is 0.0255. The Morgan fingerprint density at radius 3 is 2.58 bits per heavy atom. The number of carbonyl (C=O) groups is 1. The zero-order chi connectivity index (χ0) is 18.6. The molecule has 0 amide bonds. The molecule has 0 fully saturated rings. The van der Waals surface area contributed by atoms with Crippen molar-refractivity contribution in [2.45, 2.75) is 19.4 Å². The van der Waals surface area contributed by atoms with Crippen molar-refractivity contribution in [1.82, 2.24) is 10.2 Å². The first kappa shape index (κ1) is 17.0. The molecular weight excluding hydrogens is 450 g/mol. The highest BCUT2D eigenvalue weighted by Crippen LogP contribution is 2.50. The zero-order valence-corrected chi connectivity index (χ0v) is 16.1. The second kappa shape index (κ2) is 5.80. The largest absolute Gasteiger partial charge is 0.482 e. The van der Waals surface area contributed by atoms with Gasteiger partial charge in [-0.3, -0.25) is 5.10 Å². The fraction of sp³-hybridized carbons (Fsp3) is 0.158. The van der Waals surface area contributed by atoms with Crippen LogP contribution in [0.15, 0.2) is 36.4 Å². The third-order valence-corrected chi connectivity index (χ3v) is 5.33. The molecule has 0 unspecified atom stereocenters. The van der Waals surface area contributed by atoms with Crippen LogP contribution in [0.25, 0.3) is 22.4 Å². The summed E-state index contributed by atoms with van der Waals surface area (Å²) in [4.78, 5) is 11.5. The Morgan fingerprint density at radius 2 is 1.92 bits per heavy atom. The predicted molar refractivity (Wildman–Crippen MR) is 103 cm³/mol. The van der Waals surface area contributed by atoms with Gasteiger partial charge in [-0.25, -0.2) is 9.18 Å². The van der Waals surface area contributed by atoms with Crippen LogP contribution in [0.5, 0.6) is 5.75 Å². The van der Waals surface area contributed by atoms with E-state index in [-0.39, 0.29) is 11.5 Å². The summed E-state index contributed by atoms with van der Waals surface area (Å²) in [6.07, 6.45) is 0. The Morgan fingerprint density at radius 1 is 1.23 bits per heavy atom. The molecule has 7 heteroatoms. The van der Waals surface area contributed by atoms with Gasteiger partial charge in [0.2, 0.25) is 0 Å². The standard InChI is InChI=1S/C19H14FIN2O3/c1-19(2)14-15(22-23-16(14)18(24)25)11-7-8-12(21)13(17(11)26-19)9-3-5-10(20)6-4-9/h3-8H,1-2H3,(H,22,23)(H,24,25). The number of benzene rings is 2. The van der Waals surface area contributed by atoms with E-state index in [1.54, 1.807) is 12.1 Å². The van der Waals surface area contributed by atoms with Crippen LogP contribution in [0.1, 0.15) is 29.9 Å². The van der Waals surface area contributed by atoms with Gasteiger partial charge in [0, 0.05) is 14.7 Å². The Bertz CT molecular complexity index is 1040. The number of hydrogen-bond acceptors (Lipinski definition) is 3. The molecule has 0 radical (unpaired) electrons. The van der Waals surface area contributed by atoms with Crippen LogP contribution >= 0.6 is 22.6 Å². The summed E-state index contributed by atoms with van der Waals surface area (Å²) in [6.45, 7) is 3.62. The van der Waals surface area contributed by atoms with E-state index >= 15 is 0 Å². The van der Waals surface area contributed by atoms with E-state index in [4.69, 9.17) is 4.74 Å². The number of nitrogens with zero attached hydrogens (tertiary/aromatic N) is 1. The number of carboxylic acids is 1. The highest BCUT2D eigenvalue weighted by Gasteiger charge is 2.40. The normalized spacial score (nSPS) is 14.3. The molecule has 0 atom stereocenters. The second-order valence-electron chi connectivity index (χ2n) is 6.55. The Labute approximate surface area is 162 Å². The number of carboxylic acid groups (broad SMARTS) is 1. The van der Waals surface area contributed by atoms with Crippen molar-refractivity contribution in [3.05, 3.63) is 57.0 Å². The number of aromatic amines is 1. The van der Waals surface area contributed by atoms with Crippen molar-refractivity contribution in [2.24, 2.45) is 0 Å². The van der Waals surface area contributed by atoms with Gasteiger partial charge in [-0.05, 0) is 66.3 Å². The summed E-state index contributed by atoms with van der Waals surface area (Å²) in [5.74, 6) is -0.775. The quantitative estimate of drug-likeness (QED) is 0.534. The van der Waals surface area contributed by atoms with E-state index in [2.05, 4.69) is 32.8 Å². The topological polar surface area (TPSA) is 75.2 Å². The van der Waals surface area contributed by atoms with Crippen LogP contribution in [0, 0.1) is 9.39 Å². The minimum Gasteiger partial charge on any atom is -0.482 e. The van der Waals surface area contributed by atoms with Crippen LogP contribution in [0.3, 0.4) is 0 Å². The minimum atomic E-state index is -1.08. The zero-order valence-electron chi connectivity index (χ0n) is 13.9. The van der Waals surface area contributed by atoms with Crippen LogP contribution in [0.2, 0.25) is 0 Å². The maximum Gasteiger partial charge on any atom is 0.354 e. The fourth-order valence-electron chi connectivity index (χ4n) is 3.32. The third kappa shape index (κ3) is 2.49. The van der Waals surface area contributed by atoms with Crippen molar-refractivity contribution in [3.8, 4) is 28.1 Å². The lowest BCUT2D eigenvalue weighted by atomic mass is 9.87. The Balaban J connectivity index is 2.01. The van der Waals surface area contributed by atoms with Crippen molar-refractivity contribution in [1.29, 1.82) is 0 Å². The van der Waals surface area contributed by atoms with Crippen molar-refractivity contribution < 1.29 is 19.0 Å². The molecule has 0 bridgehead atoms. The molecule has 132 valence electrons. The first-order chi connectivity index (χ1) is 12.3. The summed E-state index contributed by atoms with van der Waals surface area (Å²) >= 11 is 2.21. The molecule has 1 aliphatic heterocycles. The van der Waals surface area contributed by atoms with Crippen molar-refractivity contribution in [3.63, 3.8) is 0 Å². The van der Waals surface area contributed by atoms with Crippen LogP contribution < -0.4 is 4.74 Å². The molecule has 2 heterocycles. The summed E-state index contributed by atoms with van der Waals surface area (Å²) < 4.78 is 20.6. The van der Waals surface area contributed by atoms with Gasteiger partial charge in [-0.15, -0.1) is 0 Å². The Hall–Kier alpha value is -2.42. The van der Waals surface area contributed by atoms with Gasteiger partial charge in [0.25, 0.3) is 0 Å². The first-order valence-electron chi connectivity index (χ1n) is 7.89. The van der Waals surface area contributed by atoms with Crippen LogP contribution in [-0.2, 0) is 5.60 Å². The average Bonchev–Trinajstić information content (AvgIpc) is 3.02. The summed E-state index contributed by atoms with van der Waals surface area (Å²) in [5.41, 5.74) is 2.59. The molecule has 4 rings (SSSR count). The van der Waals surface area contributed by atoms with E-state index in [0.29, 0.717) is 22.6 Å². The van der Waals surface area contributed by atoms with E-state index < -0.39 is 11.6 Å². The highest BCUT2D eigenvalue weighted by molar-refractivity contribution is 14.1. The number of ether oxygens (including phenoxy) is 1. The van der Waals surface area contributed by atoms with E-state index in [1.165, 1.54) is 12.1 Å². The van der Waals surface area contributed by atoms with E-state index in [9.17, 15) is 14.3 Å². The Kier molecular flexibility index (Phi) is 3.80. The maximum absolute atomic E-state index is 13.3. The lowest BCUT2D eigenvalue weighted by Gasteiger charge is -2.34. The molecule has 0 spiro atoms. The lowest BCUT2D eigenvalue weighted by Crippen LogP contribution is -2.31. The SMILES string of the molecule is CC1(C)Oc2c(ccc(I)c2-c2ccc(F)cc2)-c2n[nH]c(C(=O)O)c21. The third-order valence-electron chi connectivity index (χ3n) is 4.43. The van der Waals surface area contributed by atoms with Gasteiger partial charge >= 0.3 is 5.97 Å². The van der Waals surface area contributed by atoms with Crippen molar-refractivity contribution >= 4 is 28.6 Å². The van der Waals surface area contributed by atoms with Gasteiger partial charge in [-0.1, -0.05) is 12.1 Å². The number of aromatic carboxylic acids is 1. The van der Waals surface area contributed by atoms with Crippen LogP contribution in [0.4, 0.5) is 4.39 Å². The van der Waals surface area contributed by atoms with Gasteiger partial charge in [0.05, 0.1) is 5.56 Å². The number of rotatable bonds is 2. The molecule has 0 saturated carbocycles. The smallest absolute Gasteiger partial charge is 0.354 e. The molecule has 1 aliphatic rings. The molecule has 0 aliphatic carbocycles. The molecule has 5 nitrogen and oxygen atoms in total. The molecule has 3 aromatic rings. The van der Waals surface area contributed by atoms with Gasteiger partial charge in [0.1, 0.15) is 22.9 Å². The van der Waals surface area contributed by atoms with Crippen LogP contribution in [-0.4, -0.2) is 21.3 Å². The molecule has 26 heavy (non-hydrogen) atoms. The first-order valence-corrected chi connectivity index (χ1v) is 8.97. The average molecular weight is 464 g/mol. The second-order valence-corrected chi connectivity index (χ2v) is 7.71. The molecule has 1 aromatic heterocycles. The molecule has 2 aromatic carbocycles. The van der Waals surface area contributed by atoms with Gasteiger partial charge < -0.3 is 9.84 Å². The molecule has 0 saturated heterocycles. The number of aromatic nitrogens is 2. The number of hydrogen-bond donors (Lipinski definition) is 2. The van der Waals surface area contributed by atoms with E-state index in [1.807, 2.05) is 26.0 Å². The number of H-pyrrole nitrogens is 1. The van der Waals surface area contributed by atoms with Gasteiger partial charge in [0.15, 0.2) is 5.69 Å².